The summed E-state index contributed by atoms with van der Waals surface area (Å²) >= 11 is 0. The second-order valence-electron chi connectivity index (χ2n) is 12.2. The van der Waals surface area contributed by atoms with Crippen molar-refractivity contribution in [3.8, 4) is 5.75 Å². The highest BCUT2D eigenvalue weighted by atomic mass is 32.2. The van der Waals surface area contributed by atoms with Crippen molar-refractivity contribution in [3.05, 3.63) is 84.2 Å². The van der Waals surface area contributed by atoms with Crippen LogP contribution in [0.4, 0.5) is 20.6 Å². The molecule has 13 heteroatoms. The number of carbonyl (C=O) groups is 2. The molecule has 3 aromatic carbocycles. The summed E-state index contributed by atoms with van der Waals surface area (Å²) in [6.07, 6.45) is 1.37. The molecule has 0 aliphatic carbocycles. The molecule has 48 heavy (non-hydrogen) atoms. The van der Waals surface area contributed by atoms with E-state index in [1.165, 1.54) is 46.6 Å². The number of carbonyl (C=O) groups excluding carboxylic acids is 2. The van der Waals surface area contributed by atoms with Crippen molar-refractivity contribution in [1.29, 1.82) is 0 Å². The summed E-state index contributed by atoms with van der Waals surface area (Å²) in [6.45, 7) is 5.79. The summed E-state index contributed by atoms with van der Waals surface area (Å²) in [4.78, 5) is 28.8. The maximum Gasteiger partial charge on any atom is 0.323 e. The molecule has 4 rings (SSSR count). The first-order chi connectivity index (χ1) is 22.9. The molecule has 0 spiro atoms. The SMILES string of the molecule is C[C@H](CO)N1C[C@H](C)[C@@H](CN(C)S(=O)(=O)c2ccccc2)OCCCC[C@H](C)Oc2ccc(NC(=O)Nc3ccc(F)cc3)cc2C1=O. The summed E-state index contributed by atoms with van der Waals surface area (Å²) in [5.74, 6) is -0.879. The van der Waals surface area contributed by atoms with Gasteiger partial charge in [0.15, 0.2) is 0 Å². The molecule has 3 N–H and O–H groups in total. The van der Waals surface area contributed by atoms with E-state index in [0.29, 0.717) is 30.2 Å². The number of aliphatic hydroxyl groups is 1. The molecule has 0 fully saturated rings. The summed E-state index contributed by atoms with van der Waals surface area (Å²) in [5.41, 5.74) is 0.890. The van der Waals surface area contributed by atoms with Gasteiger partial charge in [0.2, 0.25) is 10.0 Å². The first-order valence-electron chi connectivity index (χ1n) is 16.1. The van der Waals surface area contributed by atoms with E-state index >= 15 is 0 Å². The van der Waals surface area contributed by atoms with Crippen molar-refractivity contribution in [2.75, 3.05) is 44.0 Å². The lowest BCUT2D eigenvalue weighted by Gasteiger charge is -2.35. The third-order valence-corrected chi connectivity index (χ3v) is 10.1. The Morgan fingerprint density at radius 2 is 1.71 bits per heavy atom. The van der Waals surface area contributed by atoms with Crippen LogP contribution in [0.5, 0.6) is 5.75 Å². The third kappa shape index (κ3) is 9.75. The zero-order chi connectivity index (χ0) is 34.8. The Balaban J connectivity index is 1.62. The first kappa shape index (κ1) is 36.8. The van der Waals surface area contributed by atoms with Gasteiger partial charge in [0.05, 0.1) is 35.3 Å². The Bertz CT molecular complexity index is 1630. The number of nitrogens with zero attached hydrogens (tertiary/aromatic N) is 2. The zero-order valence-electron chi connectivity index (χ0n) is 27.8. The van der Waals surface area contributed by atoms with Gasteiger partial charge in [-0.15, -0.1) is 0 Å². The number of urea groups is 1. The van der Waals surface area contributed by atoms with Crippen LogP contribution in [-0.4, -0.2) is 86.3 Å². The number of fused-ring (bicyclic) bond motifs is 1. The third-order valence-electron chi connectivity index (χ3n) is 8.30. The van der Waals surface area contributed by atoms with Gasteiger partial charge >= 0.3 is 6.03 Å². The largest absolute Gasteiger partial charge is 0.490 e. The molecule has 0 saturated heterocycles. The normalized spacial score (nSPS) is 20.3. The Hall–Kier alpha value is -4.04. The van der Waals surface area contributed by atoms with Crippen molar-refractivity contribution in [2.45, 2.75) is 63.2 Å². The monoisotopic (exact) mass is 684 g/mol. The number of aliphatic hydroxyl groups excluding tert-OH is 1. The molecular formula is C35H45FN4O7S. The van der Waals surface area contributed by atoms with Gasteiger partial charge in [-0.2, -0.15) is 4.31 Å². The number of sulfonamides is 1. The molecule has 1 aliphatic heterocycles. The standard InChI is InChI=1S/C35H45FN4O7S/c1-24-21-40(25(2)23-41)34(42)31-20-29(38-35(43)37-28-15-13-27(36)14-16-28)17-18-32(31)47-26(3)10-8-9-19-46-33(24)22-39(4)48(44,45)30-11-6-5-7-12-30/h5-7,11-18,20,24-26,33,41H,8-10,19,21-23H2,1-4H3,(H2,37,38,43)/t24-,25+,26-,33+/m0/s1. The number of nitrogens with one attached hydrogen (secondary N) is 2. The lowest BCUT2D eigenvalue weighted by atomic mass is 10.0. The number of amides is 3. The molecule has 3 aromatic rings. The smallest absolute Gasteiger partial charge is 0.323 e. The minimum atomic E-state index is -3.79. The van der Waals surface area contributed by atoms with E-state index in [2.05, 4.69) is 10.6 Å². The fourth-order valence-electron chi connectivity index (χ4n) is 5.41. The minimum Gasteiger partial charge on any atom is -0.490 e. The van der Waals surface area contributed by atoms with Crippen LogP contribution in [0, 0.1) is 11.7 Å². The van der Waals surface area contributed by atoms with E-state index in [1.807, 2.05) is 13.8 Å². The maximum atomic E-state index is 14.3. The van der Waals surface area contributed by atoms with Gasteiger partial charge in [0.1, 0.15) is 11.6 Å². The summed E-state index contributed by atoms with van der Waals surface area (Å²) in [6, 6.07) is 17.1. The molecule has 260 valence electrons. The fourth-order valence-corrected chi connectivity index (χ4v) is 6.62. The van der Waals surface area contributed by atoms with Crippen molar-refractivity contribution < 1.29 is 37.0 Å². The first-order valence-corrected chi connectivity index (χ1v) is 17.5. The highest BCUT2D eigenvalue weighted by Gasteiger charge is 2.32. The molecule has 0 aromatic heterocycles. The molecule has 4 atom stereocenters. The highest BCUT2D eigenvalue weighted by Crippen LogP contribution is 2.29. The van der Waals surface area contributed by atoms with Gasteiger partial charge in [-0.25, -0.2) is 17.6 Å². The van der Waals surface area contributed by atoms with E-state index < -0.39 is 39.9 Å². The Morgan fingerprint density at radius 3 is 2.40 bits per heavy atom. The van der Waals surface area contributed by atoms with Gasteiger partial charge < -0.3 is 30.1 Å². The molecule has 1 aliphatic rings. The molecular weight excluding hydrogens is 639 g/mol. The summed E-state index contributed by atoms with van der Waals surface area (Å²) < 4.78 is 53.8. The summed E-state index contributed by atoms with van der Waals surface area (Å²) in [5, 5.41) is 15.5. The van der Waals surface area contributed by atoms with Crippen LogP contribution in [0.2, 0.25) is 0 Å². The second kappa shape index (κ2) is 16.9. The fraction of sp³-hybridized carbons (Fsp3) is 0.429. The average Bonchev–Trinajstić information content (AvgIpc) is 3.07. The van der Waals surface area contributed by atoms with E-state index in [4.69, 9.17) is 9.47 Å². The van der Waals surface area contributed by atoms with Crippen molar-refractivity contribution in [2.24, 2.45) is 5.92 Å². The number of ether oxygens (including phenoxy) is 2. The summed E-state index contributed by atoms with van der Waals surface area (Å²) in [7, 11) is -2.28. The van der Waals surface area contributed by atoms with E-state index in [1.54, 1.807) is 49.4 Å². The van der Waals surface area contributed by atoms with Crippen LogP contribution in [0.3, 0.4) is 0 Å². The van der Waals surface area contributed by atoms with Crippen molar-refractivity contribution in [3.63, 3.8) is 0 Å². The topological polar surface area (TPSA) is 138 Å². The minimum absolute atomic E-state index is 0.0568. The predicted octanol–water partition coefficient (Wildman–Crippen LogP) is 5.59. The van der Waals surface area contributed by atoms with Gasteiger partial charge in [-0.3, -0.25) is 4.79 Å². The van der Waals surface area contributed by atoms with E-state index in [9.17, 15) is 27.5 Å². The van der Waals surface area contributed by atoms with E-state index in [-0.39, 0.29) is 42.2 Å². The van der Waals surface area contributed by atoms with Crippen molar-refractivity contribution >= 4 is 33.3 Å². The Morgan fingerprint density at radius 1 is 1.04 bits per heavy atom. The van der Waals surface area contributed by atoms with Gasteiger partial charge in [-0.05, 0) is 87.7 Å². The molecule has 0 radical (unpaired) electrons. The van der Waals surface area contributed by atoms with Crippen LogP contribution in [-0.2, 0) is 14.8 Å². The van der Waals surface area contributed by atoms with Crippen LogP contribution in [0.25, 0.3) is 0 Å². The molecule has 3 amide bonds. The van der Waals surface area contributed by atoms with Crippen LogP contribution >= 0.6 is 0 Å². The molecule has 1 heterocycles. The lowest BCUT2D eigenvalue weighted by molar-refractivity contribution is -0.00833. The quantitative estimate of drug-likeness (QED) is 0.282. The number of halogens is 1. The van der Waals surface area contributed by atoms with Gasteiger partial charge in [-0.1, -0.05) is 25.1 Å². The Kier molecular flexibility index (Phi) is 12.9. The number of likely N-dealkylation sites (N-methyl/N-ethyl adjacent to an activating group) is 1. The number of hydrogen-bond acceptors (Lipinski definition) is 7. The predicted molar refractivity (Wildman–Crippen MR) is 182 cm³/mol. The number of hydrogen-bond donors (Lipinski definition) is 3. The molecule has 0 saturated carbocycles. The number of benzene rings is 3. The van der Waals surface area contributed by atoms with Gasteiger partial charge in [0, 0.05) is 44.0 Å². The second-order valence-corrected chi connectivity index (χ2v) is 14.2. The molecule has 0 unspecified atom stereocenters. The van der Waals surface area contributed by atoms with Crippen molar-refractivity contribution in [1.82, 2.24) is 9.21 Å². The highest BCUT2D eigenvalue weighted by molar-refractivity contribution is 7.89. The van der Waals surface area contributed by atoms with Gasteiger partial charge in [0.25, 0.3) is 5.91 Å². The average molecular weight is 685 g/mol. The van der Waals surface area contributed by atoms with E-state index in [0.717, 1.165) is 12.8 Å². The van der Waals surface area contributed by atoms with Crippen LogP contribution in [0.15, 0.2) is 77.7 Å². The Labute approximate surface area is 282 Å². The molecule has 0 bridgehead atoms. The number of rotatable bonds is 8. The zero-order valence-corrected chi connectivity index (χ0v) is 28.6. The molecule has 11 nitrogen and oxygen atoms in total. The maximum absolute atomic E-state index is 14.3. The van der Waals surface area contributed by atoms with Crippen LogP contribution in [0.1, 0.15) is 50.4 Å². The number of anilines is 2. The lowest BCUT2D eigenvalue weighted by Crippen LogP contribution is -2.48. The van der Waals surface area contributed by atoms with Crippen LogP contribution < -0.4 is 15.4 Å².